The molecule has 2 nitrogen and oxygen atoms in total. The maximum atomic E-state index is 10.5. The first-order chi connectivity index (χ1) is 6.25. The minimum atomic E-state index is -0.623. The highest BCUT2D eigenvalue weighted by atomic mass is 16.3. The van der Waals surface area contributed by atoms with Gasteiger partial charge in [0, 0.05) is 6.04 Å². The van der Waals surface area contributed by atoms with Crippen LogP contribution in [0.1, 0.15) is 47.5 Å². The van der Waals surface area contributed by atoms with Crippen molar-refractivity contribution in [2.45, 2.75) is 59.1 Å². The molecule has 1 saturated heterocycles. The lowest BCUT2D eigenvalue weighted by molar-refractivity contribution is -0.0811. The average Bonchev–Trinajstić information content (AvgIpc) is 2.02. The second-order valence-corrected chi connectivity index (χ2v) is 6.03. The molecule has 0 aromatic rings. The van der Waals surface area contributed by atoms with E-state index in [1.807, 2.05) is 6.92 Å². The zero-order valence-corrected chi connectivity index (χ0v) is 10.2. The third-order valence-electron chi connectivity index (χ3n) is 3.86. The van der Waals surface area contributed by atoms with Gasteiger partial charge in [0.1, 0.15) is 0 Å². The number of nitrogens with one attached hydrogen (secondary N) is 1. The first-order valence-corrected chi connectivity index (χ1v) is 5.71. The lowest BCUT2D eigenvalue weighted by Gasteiger charge is -2.46. The first-order valence-electron chi connectivity index (χ1n) is 5.71. The van der Waals surface area contributed by atoms with Crippen molar-refractivity contribution in [3.8, 4) is 0 Å². The Kier molecular flexibility index (Phi) is 3.27. The number of piperidine rings is 1. The Morgan fingerprint density at radius 3 is 2.21 bits per heavy atom. The van der Waals surface area contributed by atoms with E-state index in [4.69, 9.17) is 0 Å². The molecule has 0 aromatic carbocycles. The van der Waals surface area contributed by atoms with Crippen LogP contribution >= 0.6 is 0 Å². The zero-order valence-electron chi connectivity index (χ0n) is 10.2. The second kappa shape index (κ2) is 3.82. The van der Waals surface area contributed by atoms with Crippen molar-refractivity contribution < 1.29 is 5.11 Å². The van der Waals surface area contributed by atoms with Gasteiger partial charge in [-0.1, -0.05) is 27.7 Å². The van der Waals surface area contributed by atoms with Gasteiger partial charge < -0.3 is 10.4 Å². The monoisotopic (exact) mass is 199 g/mol. The predicted molar refractivity (Wildman–Crippen MR) is 60.3 cm³/mol. The quantitative estimate of drug-likeness (QED) is 0.678. The maximum Gasteiger partial charge on any atom is 0.0820 e. The summed E-state index contributed by atoms with van der Waals surface area (Å²) in [7, 11) is 0. The number of hydrogen-bond donors (Lipinski definition) is 2. The molecule has 1 fully saturated rings. The van der Waals surface area contributed by atoms with E-state index in [1.165, 1.54) is 6.42 Å². The summed E-state index contributed by atoms with van der Waals surface area (Å²) in [4.78, 5) is 0. The number of rotatable bonds is 1. The Hall–Kier alpha value is -0.0800. The van der Waals surface area contributed by atoms with Gasteiger partial charge in [-0.15, -0.1) is 0 Å². The summed E-state index contributed by atoms with van der Waals surface area (Å²) in [6.07, 6.45) is 2.32. The van der Waals surface area contributed by atoms with Crippen molar-refractivity contribution in [3.05, 3.63) is 0 Å². The molecule has 14 heavy (non-hydrogen) atoms. The van der Waals surface area contributed by atoms with E-state index in [0.29, 0.717) is 0 Å². The molecule has 84 valence electrons. The Bertz CT molecular complexity index is 193. The Balaban J connectivity index is 2.71. The van der Waals surface area contributed by atoms with Crippen molar-refractivity contribution in [2.75, 3.05) is 6.54 Å². The third-order valence-corrected chi connectivity index (χ3v) is 3.86. The van der Waals surface area contributed by atoms with Crippen LogP contribution in [0, 0.1) is 11.3 Å². The first kappa shape index (κ1) is 12.0. The molecule has 3 atom stereocenters. The normalized spacial score (nSPS) is 33.9. The van der Waals surface area contributed by atoms with Gasteiger partial charge in [0.15, 0.2) is 0 Å². The third kappa shape index (κ3) is 2.29. The topological polar surface area (TPSA) is 32.3 Å². The Morgan fingerprint density at radius 1 is 1.21 bits per heavy atom. The van der Waals surface area contributed by atoms with Crippen LogP contribution in [0.25, 0.3) is 0 Å². The van der Waals surface area contributed by atoms with Gasteiger partial charge >= 0.3 is 0 Å². The van der Waals surface area contributed by atoms with E-state index in [-0.39, 0.29) is 11.5 Å². The molecule has 1 rings (SSSR count). The van der Waals surface area contributed by atoms with Gasteiger partial charge in [-0.3, -0.25) is 0 Å². The SMILES string of the molecule is CC1CCNC(C(C)(O)C(C)(C)C)C1. The van der Waals surface area contributed by atoms with E-state index in [2.05, 4.69) is 33.0 Å². The Labute approximate surface area is 88.1 Å². The van der Waals surface area contributed by atoms with E-state index < -0.39 is 5.60 Å². The smallest absolute Gasteiger partial charge is 0.0820 e. The van der Waals surface area contributed by atoms with Crippen LogP contribution in [0.3, 0.4) is 0 Å². The molecule has 1 heterocycles. The van der Waals surface area contributed by atoms with Crippen LogP contribution in [0.4, 0.5) is 0 Å². The molecule has 0 amide bonds. The number of hydrogen-bond acceptors (Lipinski definition) is 2. The zero-order chi connectivity index (χ0) is 11.0. The van der Waals surface area contributed by atoms with Gasteiger partial charge in [-0.2, -0.15) is 0 Å². The summed E-state index contributed by atoms with van der Waals surface area (Å²) in [5.41, 5.74) is -0.691. The molecular formula is C12H25NO. The minimum absolute atomic E-state index is 0.0677. The molecule has 3 unspecified atom stereocenters. The number of aliphatic hydroxyl groups is 1. The molecule has 2 N–H and O–H groups in total. The Morgan fingerprint density at radius 2 is 1.79 bits per heavy atom. The molecule has 1 aliphatic heterocycles. The van der Waals surface area contributed by atoms with Crippen LogP contribution < -0.4 is 5.32 Å². The lowest BCUT2D eigenvalue weighted by Crippen LogP contribution is -2.58. The standard InChI is InChI=1S/C12H25NO/c1-9-6-7-13-10(8-9)12(5,14)11(2,3)4/h9-10,13-14H,6-8H2,1-5H3. The van der Waals surface area contributed by atoms with Crippen molar-refractivity contribution in [2.24, 2.45) is 11.3 Å². The minimum Gasteiger partial charge on any atom is -0.388 e. The molecule has 1 aliphatic rings. The van der Waals surface area contributed by atoms with Gasteiger partial charge in [0.25, 0.3) is 0 Å². The fourth-order valence-corrected chi connectivity index (χ4v) is 2.06. The van der Waals surface area contributed by atoms with E-state index in [0.717, 1.165) is 18.9 Å². The highest BCUT2D eigenvalue weighted by molar-refractivity contribution is 4.98. The molecule has 0 saturated carbocycles. The van der Waals surface area contributed by atoms with Crippen LogP contribution in [0.2, 0.25) is 0 Å². The van der Waals surface area contributed by atoms with Gasteiger partial charge in [-0.05, 0) is 37.6 Å². The van der Waals surface area contributed by atoms with Crippen LogP contribution in [-0.4, -0.2) is 23.3 Å². The summed E-state index contributed by atoms with van der Waals surface area (Å²) >= 11 is 0. The molecule has 0 radical (unpaired) electrons. The van der Waals surface area contributed by atoms with Gasteiger partial charge in [-0.25, -0.2) is 0 Å². The lowest BCUT2D eigenvalue weighted by atomic mass is 9.70. The maximum absolute atomic E-state index is 10.5. The highest BCUT2D eigenvalue weighted by Gasteiger charge is 2.43. The van der Waals surface area contributed by atoms with Crippen LogP contribution in [-0.2, 0) is 0 Å². The molecule has 0 spiro atoms. The second-order valence-electron chi connectivity index (χ2n) is 6.03. The largest absolute Gasteiger partial charge is 0.388 e. The van der Waals surface area contributed by atoms with E-state index >= 15 is 0 Å². The highest BCUT2D eigenvalue weighted by Crippen LogP contribution is 2.36. The molecule has 0 aromatic heterocycles. The molecule has 2 heteroatoms. The van der Waals surface area contributed by atoms with Crippen LogP contribution in [0.5, 0.6) is 0 Å². The summed E-state index contributed by atoms with van der Waals surface area (Å²) < 4.78 is 0. The van der Waals surface area contributed by atoms with Crippen LogP contribution in [0.15, 0.2) is 0 Å². The summed E-state index contributed by atoms with van der Waals surface area (Å²) in [6.45, 7) is 11.6. The fraction of sp³-hybridized carbons (Fsp3) is 1.00. The summed E-state index contributed by atoms with van der Waals surface area (Å²) in [5, 5.41) is 14.0. The van der Waals surface area contributed by atoms with Crippen molar-refractivity contribution in [1.29, 1.82) is 0 Å². The predicted octanol–water partition coefficient (Wildman–Crippen LogP) is 2.17. The van der Waals surface area contributed by atoms with Gasteiger partial charge in [0.2, 0.25) is 0 Å². The average molecular weight is 199 g/mol. The van der Waals surface area contributed by atoms with Crippen molar-refractivity contribution in [3.63, 3.8) is 0 Å². The van der Waals surface area contributed by atoms with E-state index in [9.17, 15) is 5.11 Å². The van der Waals surface area contributed by atoms with E-state index in [1.54, 1.807) is 0 Å². The van der Waals surface area contributed by atoms with Crippen molar-refractivity contribution in [1.82, 2.24) is 5.32 Å². The van der Waals surface area contributed by atoms with Crippen molar-refractivity contribution >= 4 is 0 Å². The summed E-state index contributed by atoms with van der Waals surface area (Å²) in [6, 6.07) is 0.242. The fourth-order valence-electron chi connectivity index (χ4n) is 2.06. The molecule has 0 aliphatic carbocycles. The van der Waals surface area contributed by atoms with Gasteiger partial charge in [0.05, 0.1) is 5.60 Å². The molecule has 0 bridgehead atoms. The molecular weight excluding hydrogens is 174 g/mol. The summed E-state index contributed by atoms with van der Waals surface area (Å²) in [5.74, 6) is 0.732.